The molecule has 2 amide bonds. The highest BCUT2D eigenvalue weighted by Crippen LogP contribution is 2.40. The summed E-state index contributed by atoms with van der Waals surface area (Å²) in [6.07, 6.45) is 5.73. The second-order valence-corrected chi connectivity index (χ2v) is 8.16. The molecule has 1 atom stereocenters. The summed E-state index contributed by atoms with van der Waals surface area (Å²) < 4.78 is 1.10. The normalized spacial score (nSPS) is 28.9. The minimum atomic E-state index is -0.820. The fraction of sp³-hybridized carbons (Fsp3) is 0.737. The number of nitrogens with one attached hydrogen (secondary N) is 1. The molecule has 0 radical (unpaired) electrons. The number of amides is 2. The predicted octanol–water partition coefficient (Wildman–Crippen LogP) is -0.290. The van der Waals surface area contributed by atoms with Crippen molar-refractivity contribution >= 4 is 18.3 Å². The topological polar surface area (TPSA) is 149 Å². The molecule has 30 heavy (non-hydrogen) atoms. The van der Waals surface area contributed by atoms with Crippen LogP contribution in [0, 0.1) is 0 Å². The number of aliphatic hydroxyl groups is 1. The maximum atomic E-state index is 13.5. The molecule has 1 spiro atoms. The van der Waals surface area contributed by atoms with Gasteiger partial charge >= 0.3 is 5.69 Å². The van der Waals surface area contributed by atoms with E-state index in [1.54, 1.807) is 4.90 Å². The van der Waals surface area contributed by atoms with Crippen molar-refractivity contribution < 1.29 is 24.6 Å². The minimum Gasteiger partial charge on any atom is -0.483 e. The van der Waals surface area contributed by atoms with Gasteiger partial charge in [0.05, 0.1) is 6.10 Å². The third-order valence-corrected chi connectivity index (χ3v) is 6.46. The van der Waals surface area contributed by atoms with Gasteiger partial charge in [-0.3, -0.25) is 19.4 Å². The van der Waals surface area contributed by atoms with E-state index in [-0.39, 0.29) is 36.3 Å². The Morgan fingerprint density at radius 3 is 2.33 bits per heavy atom. The largest absolute Gasteiger partial charge is 0.483 e. The summed E-state index contributed by atoms with van der Waals surface area (Å²) in [5.41, 5.74) is -1.26. The number of piperidine rings is 1. The van der Waals surface area contributed by atoms with Crippen LogP contribution in [0.4, 0.5) is 0 Å². The number of aryl methyl sites for hydroxylation is 1. The molecule has 3 N–H and O–H groups in total. The van der Waals surface area contributed by atoms with Gasteiger partial charge in [-0.15, -0.1) is 5.10 Å². The first-order valence-electron chi connectivity index (χ1n) is 10.4. The van der Waals surface area contributed by atoms with Crippen molar-refractivity contribution in [3.05, 3.63) is 16.3 Å². The average Bonchev–Trinajstić information content (AvgIpc) is 3.29. The van der Waals surface area contributed by atoms with E-state index < -0.39 is 11.2 Å². The van der Waals surface area contributed by atoms with Crippen LogP contribution in [0.3, 0.4) is 0 Å². The maximum absolute atomic E-state index is 13.5. The number of aromatic amines is 1. The highest BCUT2D eigenvalue weighted by atomic mass is 16.3. The minimum absolute atomic E-state index is 0.00510. The molecule has 3 heterocycles. The molecule has 4 rings (SSSR count). The predicted molar refractivity (Wildman–Crippen MR) is 105 cm³/mol. The highest BCUT2D eigenvalue weighted by Gasteiger charge is 2.54. The second-order valence-electron chi connectivity index (χ2n) is 8.16. The average molecular weight is 423 g/mol. The fourth-order valence-corrected chi connectivity index (χ4v) is 5.02. The van der Waals surface area contributed by atoms with Gasteiger partial charge in [-0.1, -0.05) is 0 Å². The Hall–Kier alpha value is -2.69. The first kappa shape index (κ1) is 22.0. The van der Waals surface area contributed by atoms with Gasteiger partial charge in [0.1, 0.15) is 5.54 Å². The molecule has 3 aliphatic rings. The number of carboxylic acid groups (broad SMARTS) is 1. The third kappa shape index (κ3) is 3.98. The highest BCUT2D eigenvalue weighted by molar-refractivity contribution is 5.98. The quantitative estimate of drug-likeness (QED) is 0.553. The van der Waals surface area contributed by atoms with Gasteiger partial charge in [0.2, 0.25) is 11.7 Å². The van der Waals surface area contributed by atoms with Crippen molar-refractivity contribution in [2.45, 2.75) is 69.1 Å². The number of aliphatic hydroxyl groups excluding tert-OH is 1. The number of carbonyl (C=O) groups excluding carboxylic acids is 2. The van der Waals surface area contributed by atoms with Crippen molar-refractivity contribution in [1.29, 1.82) is 0 Å². The lowest BCUT2D eigenvalue weighted by molar-refractivity contribution is -0.149. The zero-order valence-electron chi connectivity index (χ0n) is 17.1. The van der Waals surface area contributed by atoms with Crippen molar-refractivity contribution in [2.24, 2.45) is 7.05 Å². The number of likely N-dealkylation sites (tertiary alicyclic amines) is 2. The van der Waals surface area contributed by atoms with Gasteiger partial charge in [0, 0.05) is 26.2 Å². The van der Waals surface area contributed by atoms with Crippen LogP contribution in [-0.4, -0.2) is 83.8 Å². The van der Waals surface area contributed by atoms with E-state index in [0.717, 1.165) is 43.2 Å². The van der Waals surface area contributed by atoms with E-state index >= 15 is 0 Å². The number of rotatable bonds is 2. The molecule has 2 aliphatic heterocycles. The smallest absolute Gasteiger partial charge is 0.343 e. The van der Waals surface area contributed by atoms with Crippen LogP contribution in [0.2, 0.25) is 0 Å². The fourth-order valence-electron chi connectivity index (χ4n) is 5.02. The van der Waals surface area contributed by atoms with Crippen molar-refractivity contribution in [2.75, 3.05) is 13.1 Å². The molecular formula is C19H29N5O6. The zero-order valence-corrected chi connectivity index (χ0v) is 17.1. The zero-order chi connectivity index (χ0) is 21.9. The first-order valence-corrected chi connectivity index (χ1v) is 10.4. The lowest BCUT2D eigenvalue weighted by Crippen LogP contribution is -2.63. The summed E-state index contributed by atoms with van der Waals surface area (Å²) in [6.45, 7) is 0.962. The Labute approximate surface area is 173 Å². The SMILES string of the molecule is Cn1nc(C(=O)N2CCCC23CCCN(C2CCC(O)CC2)C3=O)[nH]c1=O.O=CO. The van der Waals surface area contributed by atoms with E-state index in [9.17, 15) is 19.5 Å². The molecular weight excluding hydrogens is 394 g/mol. The number of hydrogen-bond donors (Lipinski definition) is 3. The van der Waals surface area contributed by atoms with Crippen LogP contribution in [0.5, 0.6) is 0 Å². The molecule has 11 heteroatoms. The van der Waals surface area contributed by atoms with Crippen molar-refractivity contribution in [1.82, 2.24) is 24.6 Å². The van der Waals surface area contributed by atoms with E-state index in [1.807, 2.05) is 4.90 Å². The molecule has 2 saturated heterocycles. The van der Waals surface area contributed by atoms with Gasteiger partial charge in [-0.05, 0) is 51.4 Å². The summed E-state index contributed by atoms with van der Waals surface area (Å²) in [5, 5.41) is 20.6. The summed E-state index contributed by atoms with van der Waals surface area (Å²) >= 11 is 0. The molecule has 3 fully saturated rings. The van der Waals surface area contributed by atoms with Crippen LogP contribution in [-0.2, 0) is 16.6 Å². The lowest BCUT2D eigenvalue weighted by atomic mass is 9.82. The Morgan fingerprint density at radius 1 is 1.17 bits per heavy atom. The number of aromatic nitrogens is 3. The molecule has 1 aliphatic carbocycles. The lowest BCUT2D eigenvalue weighted by Gasteiger charge is -2.47. The van der Waals surface area contributed by atoms with Gasteiger partial charge in [-0.25, -0.2) is 9.48 Å². The number of H-pyrrole nitrogens is 1. The Kier molecular flexibility index (Phi) is 6.59. The second kappa shape index (κ2) is 8.99. The van der Waals surface area contributed by atoms with Crippen LogP contribution in [0.25, 0.3) is 0 Å². The summed E-state index contributed by atoms with van der Waals surface area (Å²) in [6, 6.07) is 0.144. The van der Waals surface area contributed by atoms with Crippen LogP contribution < -0.4 is 5.69 Å². The van der Waals surface area contributed by atoms with E-state index in [0.29, 0.717) is 25.9 Å². The Balaban J connectivity index is 0.000000806. The molecule has 0 bridgehead atoms. The maximum Gasteiger partial charge on any atom is 0.343 e. The van der Waals surface area contributed by atoms with Crippen molar-refractivity contribution in [3.8, 4) is 0 Å². The molecule has 1 aromatic rings. The molecule has 166 valence electrons. The van der Waals surface area contributed by atoms with Gasteiger partial charge < -0.3 is 20.0 Å². The standard InChI is InChI=1S/C18H27N5O4.CH2O2/c1-21-17(27)19-14(20-21)15(25)23-11-3-9-18(23)8-2-10-22(16(18)26)12-4-6-13(24)7-5-12;2-1-3/h12-13,24H,2-11H2,1H3,(H,19,20,27);1H,(H,2,3). The Morgan fingerprint density at radius 2 is 1.77 bits per heavy atom. The number of nitrogens with zero attached hydrogens (tertiary/aromatic N) is 4. The first-order chi connectivity index (χ1) is 14.3. The summed E-state index contributed by atoms with van der Waals surface area (Å²) in [7, 11) is 1.49. The van der Waals surface area contributed by atoms with Crippen LogP contribution in [0.1, 0.15) is 62.0 Å². The van der Waals surface area contributed by atoms with Crippen LogP contribution in [0.15, 0.2) is 4.79 Å². The molecule has 0 aromatic carbocycles. The van der Waals surface area contributed by atoms with E-state index in [4.69, 9.17) is 9.90 Å². The summed E-state index contributed by atoms with van der Waals surface area (Å²) in [5.74, 6) is -0.353. The number of carbonyl (C=O) groups is 3. The summed E-state index contributed by atoms with van der Waals surface area (Å²) in [4.78, 5) is 52.6. The van der Waals surface area contributed by atoms with Gasteiger partial charge in [0.25, 0.3) is 12.4 Å². The molecule has 1 aromatic heterocycles. The number of hydrogen-bond acceptors (Lipinski definition) is 6. The van der Waals surface area contributed by atoms with Gasteiger partial charge in [0.15, 0.2) is 0 Å². The van der Waals surface area contributed by atoms with Crippen molar-refractivity contribution in [3.63, 3.8) is 0 Å². The molecule has 1 saturated carbocycles. The Bertz CT molecular complexity index is 843. The van der Waals surface area contributed by atoms with E-state index in [2.05, 4.69) is 10.1 Å². The molecule has 11 nitrogen and oxygen atoms in total. The third-order valence-electron chi connectivity index (χ3n) is 6.46. The van der Waals surface area contributed by atoms with Gasteiger partial charge in [-0.2, -0.15) is 0 Å². The van der Waals surface area contributed by atoms with Crippen LogP contribution >= 0.6 is 0 Å². The molecule has 1 unspecified atom stereocenters. The monoisotopic (exact) mass is 423 g/mol. The van der Waals surface area contributed by atoms with E-state index in [1.165, 1.54) is 7.05 Å².